The number of carbonyl (C=O) groups excluding carboxylic acids is 2. The second-order valence-electron chi connectivity index (χ2n) is 8.42. The van der Waals surface area contributed by atoms with Gasteiger partial charge in [0, 0.05) is 49.0 Å². The van der Waals surface area contributed by atoms with Crippen LogP contribution in [0.1, 0.15) is 20.0 Å². The van der Waals surface area contributed by atoms with E-state index in [0.29, 0.717) is 42.0 Å². The first-order valence-corrected chi connectivity index (χ1v) is 12.6. The van der Waals surface area contributed by atoms with Crippen LogP contribution in [0.4, 0.5) is 21.5 Å². The molecule has 0 aliphatic carbocycles. The summed E-state index contributed by atoms with van der Waals surface area (Å²) in [5.41, 5.74) is 1.45. The van der Waals surface area contributed by atoms with E-state index in [2.05, 4.69) is 10.2 Å². The summed E-state index contributed by atoms with van der Waals surface area (Å²) in [7, 11) is 0. The normalized spacial score (nSPS) is 13.6. The lowest BCUT2D eigenvalue weighted by molar-refractivity contribution is -0.382. The Labute approximate surface area is 220 Å². The van der Waals surface area contributed by atoms with Crippen molar-refractivity contribution in [2.75, 3.05) is 36.4 Å². The van der Waals surface area contributed by atoms with E-state index in [1.807, 2.05) is 12.1 Å². The van der Waals surface area contributed by atoms with Crippen LogP contribution in [0.5, 0.6) is 0 Å². The van der Waals surface area contributed by atoms with Gasteiger partial charge in [0.2, 0.25) is 0 Å². The number of nitro groups is 1. The Morgan fingerprint density at radius 2 is 1.68 bits per heavy atom. The Balaban J connectivity index is 1.23. The number of carbonyl (C=O) groups is 2. The number of halogens is 2. The summed E-state index contributed by atoms with van der Waals surface area (Å²) in [6.45, 7) is 2.09. The van der Waals surface area contributed by atoms with Crippen molar-refractivity contribution >= 4 is 61.9 Å². The molecule has 8 nitrogen and oxygen atoms in total. The quantitative estimate of drug-likeness (QED) is 0.255. The average molecular weight is 539 g/mol. The summed E-state index contributed by atoms with van der Waals surface area (Å²) < 4.78 is 14.3. The maximum absolute atomic E-state index is 14.0. The van der Waals surface area contributed by atoms with Crippen molar-refractivity contribution < 1.29 is 18.9 Å². The molecular weight excluding hydrogens is 519 g/mol. The number of nitro benzene ring substituents is 1. The number of hydrogen-bond donors (Lipinski definition) is 1. The molecule has 4 aromatic rings. The molecule has 3 aromatic carbocycles. The van der Waals surface area contributed by atoms with Crippen LogP contribution >= 0.6 is 22.9 Å². The van der Waals surface area contributed by atoms with E-state index in [4.69, 9.17) is 11.6 Å². The van der Waals surface area contributed by atoms with E-state index in [9.17, 15) is 24.1 Å². The highest BCUT2D eigenvalue weighted by molar-refractivity contribution is 7.22. The van der Waals surface area contributed by atoms with Crippen LogP contribution in [-0.4, -0.2) is 47.8 Å². The summed E-state index contributed by atoms with van der Waals surface area (Å²) in [4.78, 5) is 40.3. The van der Waals surface area contributed by atoms with Crippen LogP contribution in [0.2, 0.25) is 5.02 Å². The van der Waals surface area contributed by atoms with Crippen LogP contribution in [0.3, 0.4) is 0 Å². The Bertz CT molecular complexity index is 1520. The van der Waals surface area contributed by atoms with E-state index in [0.717, 1.165) is 17.0 Å². The second-order valence-corrected chi connectivity index (χ2v) is 9.81. The Hall–Kier alpha value is -4.02. The van der Waals surface area contributed by atoms with Crippen LogP contribution in [0, 0.1) is 15.9 Å². The number of fused-ring (bicyclic) bond motifs is 1. The van der Waals surface area contributed by atoms with Gasteiger partial charge in [-0.05, 0) is 36.4 Å². The molecule has 2 amide bonds. The molecular formula is C26H20ClFN4O4S. The number of amides is 2. The highest BCUT2D eigenvalue weighted by Crippen LogP contribution is 2.40. The van der Waals surface area contributed by atoms with Gasteiger partial charge in [-0.25, -0.2) is 4.39 Å². The average Bonchev–Trinajstić information content (AvgIpc) is 3.25. The predicted octanol–water partition coefficient (Wildman–Crippen LogP) is 5.82. The van der Waals surface area contributed by atoms with Crippen LogP contribution in [-0.2, 0) is 0 Å². The van der Waals surface area contributed by atoms with E-state index >= 15 is 0 Å². The molecule has 0 saturated carbocycles. The fourth-order valence-electron chi connectivity index (χ4n) is 4.28. The van der Waals surface area contributed by atoms with Gasteiger partial charge in [0.25, 0.3) is 17.5 Å². The Kier molecular flexibility index (Phi) is 6.77. The first kappa shape index (κ1) is 24.7. The van der Waals surface area contributed by atoms with Crippen molar-refractivity contribution in [1.29, 1.82) is 0 Å². The molecule has 0 spiro atoms. The lowest BCUT2D eigenvalue weighted by atomic mass is 10.1. The molecule has 1 aliphatic heterocycles. The van der Waals surface area contributed by atoms with E-state index in [-0.39, 0.29) is 27.1 Å². The van der Waals surface area contributed by atoms with E-state index in [1.165, 1.54) is 24.3 Å². The SMILES string of the molecule is O=C(Nc1ccc(N2CCN(C(=O)c3ccccc3F)CC2)cc1)c1sc2c([N+](=O)[O-])cccc2c1Cl. The van der Waals surface area contributed by atoms with Gasteiger partial charge in [0.15, 0.2) is 0 Å². The standard InChI is InChI=1S/C26H20ClFN4O4S/c27-22-19-5-3-7-21(32(35)36)23(19)37-24(22)25(33)29-16-8-10-17(11-9-16)30-12-14-31(15-13-30)26(34)18-4-1-2-6-20(18)28/h1-11H,12-15H2,(H,29,33). The highest BCUT2D eigenvalue weighted by atomic mass is 35.5. The van der Waals surface area contributed by atoms with Crippen molar-refractivity contribution in [3.05, 3.63) is 98.1 Å². The second kappa shape index (κ2) is 10.2. The lowest BCUT2D eigenvalue weighted by Crippen LogP contribution is -2.49. The maximum Gasteiger partial charge on any atom is 0.287 e. The van der Waals surface area contributed by atoms with Crippen molar-refractivity contribution in [1.82, 2.24) is 4.90 Å². The minimum absolute atomic E-state index is 0.0735. The molecule has 1 fully saturated rings. The molecule has 0 radical (unpaired) electrons. The number of hydrogen-bond acceptors (Lipinski definition) is 6. The number of anilines is 2. The fourth-order valence-corrected chi connectivity index (χ4v) is 5.77. The summed E-state index contributed by atoms with van der Waals surface area (Å²) in [5.74, 6) is -1.29. The molecule has 1 aliphatic rings. The van der Waals surface area contributed by atoms with Crippen molar-refractivity contribution in [3.8, 4) is 0 Å². The predicted molar refractivity (Wildman–Crippen MR) is 142 cm³/mol. The Morgan fingerprint density at radius 1 is 0.973 bits per heavy atom. The van der Waals surface area contributed by atoms with Crippen molar-refractivity contribution in [3.63, 3.8) is 0 Å². The third kappa shape index (κ3) is 4.85. The minimum atomic E-state index is -0.525. The lowest BCUT2D eigenvalue weighted by Gasteiger charge is -2.36. The molecule has 11 heteroatoms. The van der Waals surface area contributed by atoms with Crippen molar-refractivity contribution in [2.24, 2.45) is 0 Å². The molecule has 0 atom stereocenters. The zero-order valence-corrected chi connectivity index (χ0v) is 20.9. The van der Waals surface area contributed by atoms with Crippen LogP contribution < -0.4 is 10.2 Å². The number of rotatable bonds is 5. The summed E-state index contributed by atoms with van der Waals surface area (Å²) in [6, 6.07) is 17.8. The number of thiophene rings is 1. The largest absolute Gasteiger partial charge is 0.368 e. The topological polar surface area (TPSA) is 95.8 Å². The van der Waals surface area contributed by atoms with E-state index in [1.54, 1.807) is 35.2 Å². The van der Waals surface area contributed by atoms with Gasteiger partial charge >= 0.3 is 0 Å². The zero-order valence-electron chi connectivity index (χ0n) is 19.3. The molecule has 5 rings (SSSR count). The first-order chi connectivity index (χ1) is 17.8. The molecule has 2 heterocycles. The third-order valence-corrected chi connectivity index (χ3v) is 7.93. The zero-order chi connectivity index (χ0) is 26.1. The van der Waals surface area contributed by atoms with Gasteiger partial charge in [-0.3, -0.25) is 19.7 Å². The van der Waals surface area contributed by atoms with Gasteiger partial charge in [-0.2, -0.15) is 0 Å². The molecule has 0 unspecified atom stereocenters. The van der Waals surface area contributed by atoms with Gasteiger partial charge in [0.05, 0.1) is 15.5 Å². The van der Waals surface area contributed by atoms with Gasteiger partial charge in [-0.1, -0.05) is 35.9 Å². The molecule has 188 valence electrons. The summed E-state index contributed by atoms with van der Waals surface area (Å²) in [6.07, 6.45) is 0. The number of nitrogens with zero attached hydrogens (tertiary/aromatic N) is 3. The summed E-state index contributed by atoms with van der Waals surface area (Å²) in [5, 5.41) is 14.8. The number of nitrogens with one attached hydrogen (secondary N) is 1. The molecule has 1 N–H and O–H groups in total. The van der Waals surface area contributed by atoms with Crippen molar-refractivity contribution in [2.45, 2.75) is 0 Å². The summed E-state index contributed by atoms with van der Waals surface area (Å²) >= 11 is 7.36. The Morgan fingerprint density at radius 3 is 2.35 bits per heavy atom. The third-order valence-electron chi connectivity index (χ3n) is 6.20. The van der Waals surface area contributed by atoms with E-state index < -0.39 is 16.6 Å². The maximum atomic E-state index is 14.0. The monoisotopic (exact) mass is 538 g/mol. The number of non-ortho nitro benzene ring substituents is 1. The molecule has 1 saturated heterocycles. The van der Waals surface area contributed by atoms with Crippen LogP contribution in [0.15, 0.2) is 66.7 Å². The first-order valence-electron chi connectivity index (χ1n) is 11.4. The van der Waals surface area contributed by atoms with Gasteiger partial charge in [-0.15, -0.1) is 11.3 Å². The van der Waals surface area contributed by atoms with Gasteiger partial charge < -0.3 is 15.1 Å². The molecule has 1 aromatic heterocycles. The van der Waals surface area contributed by atoms with Gasteiger partial charge in [0.1, 0.15) is 15.4 Å². The number of benzene rings is 3. The molecule has 0 bridgehead atoms. The minimum Gasteiger partial charge on any atom is -0.368 e. The molecule has 37 heavy (non-hydrogen) atoms. The van der Waals surface area contributed by atoms with Crippen LogP contribution in [0.25, 0.3) is 10.1 Å². The highest BCUT2D eigenvalue weighted by Gasteiger charge is 2.25. The smallest absolute Gasteiger partial charge is 0.287 e. The fraction of sp³-hybridized carbons (Fsp3) is 0.154. The number of piperazine rings is 1.